The number of carbonyl (C=O) groups is 1. The summed E-state index contributed by atoms with van der Waals surface area (Å²) in [6.07, 6.45) is 2.12. The Hall–Kier alpha value is -1.10. The molecule has 0 saturated heterocycles. The van der Waals surface area contributed by atoms with E-state index in [0.29, 0.717) is 25.5 Å². The fourth-order valence-corrected chi connectivity index (χ4v) is 2.12. The average molecular weight is 256 g/mol. The molecule has 1 unspecified atom stereocenters. The minimum atomic E-state index is -0.156. The molecule has 1 aromatic heterocycles. The zero-order chi connectivity index (χ0) is 12.7. The van der Waals surface area contributed by atoms with Crippen LogP contribution in [0.5, 0.6) is 0 Å². The van der Waals surface area contributed by atoms with E-state index in [0.717, 1.165) is 17.2 Å². The predicted octanol–water partition coefficient (Wildman–Crippen LogP) is 2.85. The van der Waals surface area contributed by atoms with E-state index in [1.54, 1.807) is 11.3 Å². The van der Waals surface area contributed by atoms with Crippen LogP contribution in [0.4, 0.5) is 5.13 Å². The maximum Gasteiger partial charge on any atom is 0.306 e. The number of hydrogen-bond donors (Lipinski definition) is 1. The zero-order valence-electron chi connectivity index (χ0n) is 10.7. The Labute approximate surface area is 106 Å². The van der Waals surface area contributed by atoms with E-state index in [-0.39, 0.29) is 5.97 Å². The summed E-state index contributed by atoms with van der Waals surface area (Å²) in [7, 11) is 0. The minimum Gasteiger partial charge on any atom is -0.466 e. The van der Waals surface area contributed by atoms with E-state index >= 15 is 0 Å². The first-order chi connectivity index (χ1) is 8.15. The van der Waals surface area contributed by atoms with Crippen molar-refractivity contribution in [3.05, 3.63) is 11.1 Å². The van der Waals surface area contributed by atoms with Gasteiger partial charge >= 0.3 is 5.97 Å². The van der Waals surface area contributed by atoms with Crippen LogP contribution in [0.3, 0.4) is 0 Å². The number of nitrogens with zero attached hydrogens (tertiary/aromatic N) is 1. The minimum absolute atomic E-state index is 0.156. The molecule has 17 heavy (non-hydrogen) atoms. The third-order valence-corrected chi connectivity index (χ3v) is 3.25. The van der Waals surface area contributed by atoms with Crippen LogP contribution >= 0.6 is 11.3 Å². The molecule has 1 heterocycles. The van der Waals surface area contributed by atoms with E-state index in [1.807, 2.05) is 12.3 Å². The first kappa shape index (κ1) is 14.0. The normalized spacial score (nSPS) is 12.2. The highest BCUT2D eigenvalue weighted by molar-refractivity contribution is 7.13. The van der Waals surface area contributed by atoms with Crippen molar-refractivity contribution in [2.75, 3.05) is 11.9 Å². The maximum absolute atomic E-state index is 11.2. The smallest absolute Gasteiger partial charge is 0.306 e. The van der Waals surface area contributed by atoms with Crippen molar-refractivity contribution in [2.45, 2.75) is 46.1 Å². The van der Waals surface area contributed by atoms with Crippen molar-refractivity contribution >= 4 is 22.4 Å². The van der Waals surface area contributed by atoms with Crippen molar-refractivity contribution < 1.29 is 9.53 Å². The second-order valence-corrected chi connectivity index (χ2v) is 4.76. The van der Waals surface area contributed by atoms with Gasteiger partial charge in [0.05, 0.1) is 18.7 Å². The maximum atomic E-state index is 11.2. The standard InChI is InChI=1S/C12H20N2O2S/c1-4-9(3)13-12-14-10(8-17-12)6-7-11(15)16-5-2/h8-9H,4-7H2,1-3H3,(H,13,14). The number of aryl methyl sites for hydroxylation is 1. The summed E-state index contributed by atoms with van der Waals surface area (Å²) in [6.45, 7) is 6.51. The van der Waals surface area contributed by atoms with Crippen molar-refractivity contribution in [1.29, 1.82) is 0 Å². The average Bonchev–Trinajstić information content (AvgIpc) is 2.74. The second-order valence-electron chi connectivity index (χ2n) is 3.90. The molecule has 1 rings (SSSR count). The van der Waals surface area contributed by atoms with Gasteiger partial charge in [-0.15, -0.1) is 11.3 Å². The second kappa shape index (κ2) is 7.27. The Balaban J connectivity index is 2.38. The summed E-state index contributed by atoms with van der Waals surface area (Å²) in [5.74, 6) is -0.156. The van der Waals surface area contributed by atoms with Crippen molar-refractivity contribution in [3.63, 3.8) is 0 Å². The number of nitrogens with one attached hydrogen (secondary N) is 1. The monoisotopic (exact) mass is 256 g/mol. The van der Waals surface area contributed by atoms with E-state index < -0.39 is 0 Å². The van der Waals surface area contributed by atoms with Gasteiger partial charge in [0.15, 0.2) is 5.13 Å². The van der Waals surface area contributed by atoms with Gasteiger partial charge < -0.3 is 10.1 Å². The predicted molar refractivity (Wildman–Crippen MR) is 70.4 cm³/mol. The van der Waals surface area contributed by atoms with Gasteiger partial charge in [-0.25, -0.2) is 4.98 Å². The molecule has 5 heteroatoms. The molecule has 0 saturated carbocycles. The van der Waals surface area contributed by atoms with Gasteiger partial charge in [-0.1, -0.05) is 6.92 Å². The highest BCUT2D eigenvalue weighted by Gasteiger charge is 2.07. The highest BCUT2D eigenvalue weighted by atomic mass is 32.1. The van der Waals surface area contributed by atoms with Crippen LogP contribution in [0.25, 0.3) is 0 Å². The third-order valence-electron chi connectivity index (χ3n) is 2.42. The van der Waals surface area contributed by atoms with Gasteiger partial charge in [0.1, 0.15) is 0 Å². The molecule has 4 nitrogen and oxygen atoms in total. The van der Waals surface area contributed by atoms with Crippen LogP contribution in [-0.2, 0) is 16.0 Å². The molecule has 0 radical (unpaired) electrons. The summed E-state index contributed by atoms with van der Waals surface area (Å²) in [5, 5.41) is 6.23. The van der Waals surface area contributed by atoms with Gasteiger partial charge in [-0.05, 0) is 20.3 Å². The van der Waals surface area contributed by atoms with Crippen LogP contribution in [0.2, 0.25) is 0 Å². The van der Waals surface area contributed by atoms with E-state index in [4.69, 9.17) is 4.74 Å². The summed E-state index contributed by atoms with van der Waals surface area (Å²) < 4.78 is 4.87. The Morgan fingerprint density at radius 3 is 3.00 bits per heavy atom. The third kappa shape index (κ3) is 5.17. The van der Waals surface area contributed by atoms with E-state index in [1.165, 1.54) is 0 Å². The SMILES string of the molecule is CCOC(=O)CCc1csc(NC(C)CC)n1. The number of esters is 1. The molecule has 1 aromatic rings. The molecule has 0 bridgehead atoms. The van der Waals surface area contributed by atoms with Gasteiger partial charge in [0.25, 0.3) is 0 Å². The van der Waals surface area contributed by atoms with Gasteiger partial charge in [-0.3, -0.25) is 4.79 Å². The first-order valence-electron chi connectivity index (χ1n) is 6.02. The Morgan fingerprint density at radius 2 is 2.35 bits per heavy atom. The van der Waals surface area contributed by atoms with Crippen LogP contribution in [0, 0.1) is 0 Å². The molecule has 0 fully saturated rings. The topological polar surface area (TPSA) is 51.2 Å². The number of hydrogen-bond acceptors (Lipinski definition) is 5. The van der Waals surface area contributed by atoms with Gasteiger partial charge in [-0.2, -0.15) is 0 Å². The Bertz CT molecular complexity index is 352. The van der Waals surface area contributed by atoms with Gasteiger partial charge in [0.2, 0.25) is 0 Å². The summed E-state index contributed by atoms with van der Waals surface area (Å²) in [5.41, 5.74) is 0.953. The molecule has 0 aliphatic rings. The number of carbonyl (C=O) groups excluding carboxylic acids is 1. The fraction of sp³-hybridized carbons (Fsp3) is 0.667. The quantitative estimate of drug-likeness (QED) is 0.762. The molecule has 1 atom stereocenters. The first-order valence-corrected chi connectivity index (χ1v) is 6.90. The van der Waals surface area contributed by atoms with Gasteiger partial charge in [0, 0.05) is 17.8 Å². The summed E-state index contributed by atoms with van der Waals surface area (Å²) in [6, 6.07) is 0.430. The van der Waals surface area contributed by atoms with Crippen molar-refractivity contribution in [3.8, 4) is 0 Å². The summed E-state index contributed by atoms with van der Waals surface area (Å²) in [4.78, 5) is 15.6. The lowest BCUT2D eigenvalue weighted by Crippen LogP contribution is -2.13. The molecular formula is C12H20N2O2S. The largest absolute Gasteiger partial charge is 0.466 e. The zero-order valence-corrected chi connectivity index (χ0v) is 11.5. The number of ether oxygens (including phenoxy) is 1. The van der Waals surface area contributed by atoms with Crippen LogP contribution < -0.4 is 5.32 Å². The molecule has 0 spiro atoms. The van der Waals surface area contributed by atoms with Crippen LogP contribution in [0.15, 0.2) is 5.38 Å². The molecular weight excluding hydrogens is 236 g/mol. The van der Waals surface area contributed by atoms with Crippen LogP contribution in [0.1, 0.15) is 39.3 Å². The Kier molecular flexibility index (Phi) is 5.97. The van der Waals surface area contributed by atoms with E-state index in [9.17, 15) is 4.79 Å². The molecule has 0 aliphatic carbocycles. The molecule has 1 N–H and O–H groups in total. The lowest BCUT2D eigenvalue weighted by molar-refractivity contribution is -0.143. The van der Waals surface area contributed by atoms with Crippen molar-refractivity contribution in [2.24, 2.45) is 0 Å². The Morgan fingerprint density at radius 1 is 1.59 bits per heavy atom. The van der Waals surface area contributed by atoms with E-state index in [2.05, 4.69) is 24.1 Å². The molecule has 0 amide bonds. The summed E-state index contributed by atoms with van der Waals surface area (Å²) >= 11 is 1.58. The molecule has 96 valence electrons. The lowest BCUT2D eigenvalue weighted by Gasteiger charge is -2.08. The van der Waals surface area contributed by atoms with Crippen LogP contribution in [-0.4, -0.2) is 23.6 Å². The molecule has 0 aromatic carbocycles. The highest BCUT2D eigenvalue weighted by Crippen LogP contribution is 2.18. The fourth-order valence-electron chi connectivity index (χ4n) is 1.26. The molecule has 0 aliphatic heterocycles. The number of rotatable bonds is 7. The van der Waals surface area contributed by atoms with Crippen molar-refractivity contribution in [1.82, 2.24) is 4.98 Å². The number of thiazole rings is 1. The number of aromatic nitrogens is 1. The lowest BCUT2D eigenvalue weighted by atomic mass is 10.2. The number of anilines is 1.